The van der Waals surface area contributed by atoms with Crippen LogP contribution < -0.4 is 10.1 Å². The quantitative estimate of drug-likeness (QED) is 0.917. The number of amides is 2. The number of hydrogen-bond donors (Lipinski definition) is 1. The number of methoxy groups -OCH3 is 1. The zero-order chi connectivity index (χ0) is 17.4. The number of nitrogens with zero attached hydrogens (tertiary/aromatic N) is 1. The molecule has 2 amide bonds. The monoisotopic (exact) mass is 354 g/mol. The molecule has 128 valence electrons. The van der Waals surface area contributed by atoms with E-state index in [1.807, 2.05) is 48.5 Å². The summed E-state index contributed by atoms with van der Waals surface area (Å²) in [6, 6.07) is 14.8. The summed E-state index contributed by atoms with van der Waals surface area (Å²) >= 11 is 1.65. The van der Waals surface area contributed by atoms with Crippen LogP contribution in [0.25, 0.3) is 0 Å². The molecule has 6 heteroatoms. The topological polar surface area (TPSA) is 58.6 Å². The smallest absolute Gasteiger partial charge is 0.256 e. The van der Waals surface area contributed by atoms with Gasteiger partial charge in [0.1, 0.15) is 17.2 Å². The number of nitrogens with one attached hydrogen (secondary N) is 1. The van der Waals surface area contributed by atoms with Gasteiger partial charge >= 0.3 is 0 Å². The van der Waals surface area contributed by atoms with E-state index in [2.05, 4.69) is 5.32 Å². The first-order valence-electron chi connectivity index (χ1n) is 8.13. The van der Waals surface area contributed by atoms with Gasteiger partial charge < -0.3 is 15.0 Å². The minimum absolute atomic E-state index is 0.0451. The number of thioether (sulfide) groups is 1. The van der Waals surface area contributed by atoms with Crippen molar-refractivity contribution < 1.29 is 14.3 Å². The Balaban J connectivity index is 1.46. The largest absolute Gasteiger partial charge is 0.497 e. The maximum absolute atomic E-state index is 12.7. The van der Waals surface area contributed by atoms with Gasteiger partial charge in [0.15, 0.2) is 0 Å². The van der Waals surface area contributed by atoms with E-state index in [9.17, 15) is 9.59 Å². The van der Waals surface area contributed by atoms with E-state index in [1.54, 1.807) is 23.8 Å². The normalized spacial score (nSPS) is 21.0. The number of benzene rings is 2. The van der Waals surface area contributed by atoms with Crippen molar-refractivity contribution in [3.8, 4) is 5.75 Å². The third kappa shape index (κ3) is 2.76. The van der Waals surface area contributed by atoms with Crippen LogP contribution in [0.15, 0.2) is 48.5 Å². The third-order valence-corrected chi connectivity index (χ3v) is 5.90. The molecule has 25 heavy (non-hydrogen) atoms. The minimum atomic E-state index is -0.430. The van der Waals surface area contributed by atoms with Crippen LogP contribution >= 0.6 is 11.8 Å². The molecule has 2 aromatic rings. The van der Waals surface area contributed by atoms with Crippen LogP contribution in [0.5, 0.6) is 5.75 Å². The highest BCUT2D eigenvalue weighted by Crippen LogP contribution is 2.48. The second kappa shape index (κ2) is 6.44. The summed E-state index contributed by atoms with van der Waals surface area (Å²) in [6.45, 7) is 0.414. The van der Waals surface area contributed by atoms with Gasteiger partial charge in [-0.15, -0.1) is 11.8 Å². The first kappa shape index (κ1) is 16.0. The highest BCUT2D eigenvalue weighted by atomic mass is 32.2. The van der Waals surface area contributed by atoms with Gasteiger partial charge in [-0.1, -0.05) is 30.3 Å². The molecular weight excluding hydrogens is 336 g/mol. The van der Waals surface area contributed by atoms with Gasteiger partial charge in [-0.25, -0.2) is 0 Å². The summed E-state index contributed by atoms with van der Waals surface area (Å²) in [4.78, 5) is 27.0. The summed E-state index contributed by atoms with van der Waals surface area (Å²) in [5.74, 6) is 1.22. The number of hydrogen-bond acceptors (Lipinski definition) is 4. The summed E-state index contributed by atoms with van der Waals surface area (Å²) in [5, 5.41) is 2.91. The van der Waals surface area contributed by atoms with Gasteiger partial charge in [0, 0.05) is 17.9 Å². The first-order chi connectivity index (χ1) is 12.2. The molecule has 2 heterocycles. The van der Waals surface area contributed by atoms with Crippen LogP contribution in [0.2, 0.25) is 0 Å². The number of carbonyl (C=O) groups excluding carboxylic acids is 2. The Morgan fingerprint density at radius 2 is 2.12 bits per heavy atom. The van der Waals surface area contributed by atoms with E-state index < -0.39 is 6.04 Å². The predicted molar refractivity (Wildman–Crippen MR) is 96.4 cm³/mol. The van der Waals surface area contributed by atoms with Crippen LogP contribution in [0.4, 0.5) is 0 Å². The number of ether oxygens (including phenoxy) is 1. The van der Waals surface area contributed by atoms with Gasteiger partial charge in [0.25, 0.3) is 5.91 Å². The number of carbonyl (C=O) groups is 2. The van der Waals surface area contributed by atoms with Gasteiger partial charge in [-0.2, -0.15) is 0 Å². The summed E-state index contributed by atoms with van der Waals surface area (Å²) in [5.41, 5.74) is 2.69. The number of rotatable bonds is 4. The Hall–Kier alpha value is -2.47. The van der Waals surface area contributed by atoms with Crippen molar-refractivity contribution in [2.24, 2.45) is 0 Å². The third-order valence-electron chi connectivity index (χ3n) is 4.60. The SMILES string of the molecule is COc1cccc(CNC(=O)[C@@H]2CS[C@H]3c4ccccc4C(=O)N23)c1. The second-order valence-corrected chi connectivity index (χ2v) is 7.18. The Labute approximate surface area is 150 Å². The van der Waals surface area contributed by atoms with Crippen molar-refractivity contribution in [3.05, 3.63) is 65.2 Å². The Bertz CT molecular complexity index is 839. The zero-order valence-corrected chi connectivity index (χ0v) is 14.6. The van der Waals surface area contributed by atoms with Crippen molar-refractivity contribution in [1.29, 1.82) is 0 Å². The minimum Gasteiger partial charge on any atom is -0.497 e. The molecule has 2 aliphatic rings. The van der Waals surface area contributed by atoms with E-state index >= 15 is 0 Å². The predicted octanol–water partition coefficient (Wildman–Crippen LogP) is 2.58. The van der Waals surface area contributed by atoms with Crippen LogP contribution in [0.3, 0.4) is 0 Å². The summed E-state index contributed by atoms with van der Waals surface area (Å²) in [6.07, 6.45) is 0. The van der Waals surface area contributed by atoms with E-state index in [0.717, 1.165) is 16.9 Å². The molecule has 2 aromatic carbocycles. The van der Waals surface area contributed by atoms with Crippen molar-refractivity contribution >= 4 is 23.6 Å². The molecule has 0 aliphatic carbocycles. The standard InChI is InChI=1S/C19H18N2O3S/c1-24-13-6-4-5-12(9-13)10-20-17(22)16-11-25-19-15-8-3-2-7-14(15)18(23)21(16)19/h2-9,16,19H,10-11H2,1H3,(H,20,22)/t16-,19-/m0/s1. The lowest BCUT2D eigenvalue weighted by Crippen LogP contribution is -2.45. The Kier molecular flexibility index (Phi) is 4.13. The van der Waals surface area contributed by atoms with Crippen molar-refractivity contribution in [2.75, 3.05) is 12.9 Å². The summed E-state index contributed by atoms with van der Waals surface area (Å²) in [7, 11) is 1.62. The first-order valence-corrected chi connectivity index (χ1v) is 9.18. The molecule has 2 aliphatic heterocycles. The number of fused-ring (bicyclic) bond motifs is 3. The van der Waals surface area contributed by atoms with E-state index in [-0.39, 0.29) is 17.2 Å². The molecular formula is C19H18N2O3S. The zero-order valence-electron chi connectivity index (χ0n) is 13.8. The molecule has 0 bridgehead atoms. The van der Waals surface area contributed by atoms with E-state index in [4.69, 9.17) is 4.74 Å². The molecule has 0 unspecified atom stereocenters. The lowest BCUT2D eigenvalue weighted by atomic mass is 10.1. The highest BCUT2D eigenvalue weighted by Gasteiger charge is 2.48. The van der Waals surface area contributed by atoms with Crippen LogP contribution in [0, 0.1) is 0 Å². The Morgan fingerprint density at radius 3 is 2.96 bits per heavy atom. The van der Waals surface area contributed by atoms with Gasteiger partial charge in [-0.3, -0.25) is 9.59 Å². The molecule has 4 rings (SSSR count). The van der Waals surface area contributed by atoms with Crippen LogP contribution in [0.1, 0.15) is 26.9 Å². The molecule has 1 fully saturated rings. The van der Waals surface area contributed by atoms with Crippen LogP contribution in [-0.4, -0.2) is 35.6 Å². The van der Waals surface area contributed by atoms with Crippen molar-refractivity contribution in [2.45, 2.75) is 18.0 Å². The molecule has 0 aromatic heterocycles. The fraction of sp³-hybridized carbons (Fsp3) is 0.263. The van der Waals surface area contributed by atoms with E-state index in [1.165, 1.54) is 0 Å². The lowest BCUT2D eigenvalue weighted by molar-refractivity contribution is -0.124. The van der Waals surface area contributed by atoms with E-state index in [0.29, 0.717) is 17.9 Å². The molecule has 0 saturated carbocycles. The highest BCUT2D eigenvalue weighted by molar-refractivity contribution is 7.99. The molecule has 1 saturated heterocycles. The van der Waals surface area contributed by atoms with Gasteiger partial charge in [0.2, 0.25) is 5.91 Å². The molecule has 2 atom stereocenters. The average Bonchev–Trinajstić information content (AvgIpc) is 3.21. The fourth-order valence-corrected chi connectivity index (χ4v) is 4.80. The average molecular weight is 354 g/mol. The lowest BCUT2D eigenvalue weighted by Gasteiger charge is -2.22. The fourth-order valence-electron chi connectivity index (χ4n) is 3.33. The maximum Gasteiger partial charge on any atom is 0.256 e. The molecule has 0 spiro atoms. The molecule has 5 nitrogen and oxygen atoms in total. The molecule has 0 radical (unpaired) electrons. The second-order valence-electron chi connectivity index (χ2n) is 6.07. The van der Waals surface area contributed by atoms with Gasteiger partial charge in [-0.05, 0) is 29.3 Å². The molecule has 1 N–H and O–H groups in total. The van der Waals surface area contributed by atoms with Crippen molar-refractivity contribution in [3.63, 3.8) is 0 Å². The Morgan fingerprint density at radius 1 is 1.28 bits per heavy atom. The van der Waals surface area contributed by atoms with Crippen molar-refractivity contribution in [1.82, 2.24) is 10.2 Å². The van der Waals surface area contributed by atoms with Crippen LogP contribution in [-0.2, 0) is 11.3 Å². The summed E-state index contributed by atoms with van der Waals surface area (Å²) < 4.78 is 5.20. The van der Waals surface area contributed by atoms with Gasteiger partial charge in [0.05, 0.1) is 7.11 Å². The maximum atomic E-state index is 12.7.